The van der Waals surface area contributed by atoms with Gasteiger partial charge in [0.15, 0.2) is 10.4 Å². The van der Waals surface area contributed by atoms with Gasteiger partial charge in [-0.25, -0.2) is 0 Å². The Morgan fingerprint density at radius 1 is 1.44 bits per heavy atom. The molecule has 1 rings (SSSR count). The third-order valence-electron chi connectivity index (χ3n) is 2.21. The quantitative estimate of drug-likeness (QED) is 0.718. The fourth-order valence-corrected chi connectivity index (χ4v) is 1.43. The van der Waals surface area contributed by atoms with E-state index in [9.17, 15) is 14.7 Å². The average molecular weight is 319 g/mol. The fourth-order valence-electron chi connectivity index (χ4n) is 1.12. The van der Waals surface area contributed by atoms with Gasteiger partial charge in [0.1, 0.15) is 0 Å². The predicted octanol–water partition coefficient (Wildman–Crippen LogP) is 0.659. The van der Waals surface area contributed by atoms with Crippen molar-refractivity contribution in [1.82, 2.24) is 10.6 Å². The highest BCUT2D eigenvalue weighted by Gasteiger charge is 2.12. The van der Waals surface area contributed by atoms with E-state index in [1.54, 1.807) is 6.07 Å². The van der Waals surface area contributed by atoms with Crippen molar-refractivity contribution in [2.24, 2.45) is 0 Å². The number of halogens is 1. The Kier molecular flexibility index (Phi) is 5.87. The Morgan fingerprint density at radius 2 is 2.17 bits per heavy atom. The molecule has 3 N–H and O–H groups in total. The van der Waals surface area contributed by atoms with Crippen molar-refractivity contribution in [3.63, 3.8) is 0 Å². The molecule has 0 aromatic carbocycles. The average Bonchev–Trinajstić information content (AvgIpc) is 2.79. The number of furan rings is 1. The summed E-state index contributed by atoms with van der Waals surface area (Å²) in [5.41, 5.74) is 0. The maximum absolute atomic E-state index is 11.5. The Bertz CT molecular complexity index is 419. The Hall–Kier alpha value is -1.34. The Labute approximate surface area is 113 Å². The summed E-state index contributed by atoms with van der Waals surface area (Å²) < 4.78 is 5.47. The number of carbonyl (C=O) groups excluding carboxylic acids is 2. The second-order valence-corrected chi connectivity index (χ2v) is 4.43. The van der Waals surface area contributed by atoms with E-state index in [0.29, 0.717) is 11.1 Å². The first kappa shape index (κ1) is 14.7. The molecular formula is C11H15BrN2O4. The zero-order chi connectivity index (χ0) is 13.5. The van der Waals surface area contributed by atoms with Crippen LogP contribution in [0.3, 0.4) is 0 Å². The summed E-state index contributed by atoms with van der Waals surface area (Å²) in [4.78, 5) is 22.8. The van der Waals surface area contributed by atoms with E-state index in [-0.39, 0.29) is 24.8 Å². The van der Waals surface area contributed by atoms with Crippen molar-refractivity contribution >= 4 is 27.7 Å². The van der Waals surface area contributed by atoms with Gasteiger partial charge in [-0.3, -0.25) is 9.59 Å². The molecule has 18 heavy (non-hydrogen) atoms. The highest BCUT2D eigenvalue weighted by Crippen LogP contribution is 2.13. The lowest BCUT2D eigenvalue weighted by molar-refractivity contribution is -0.120. The maximum Gasteiger partial charge on any atom is 0.287 e. The number of rotatable bonds is 6. The van der Waals surface area contributed by atoms with Crippen molar-refractivity contribution in [3.05, 3.63) is 22.6 Å². The number of hydrogen-bond acceptors (Lipinski definition) is 4. The summed E-state index contributed by atoms with van der Waals surface area (Å²) in [5.74, 6) is -0.698. The minimum absolute atomic E-state index is 0.128. The van der Waals surface area contributed by atoms with Crippen molar-refractivity contribution in [3.8, 4) is 0 Å². The zero-order valence-electron chi connectivity index (χ0n) is 9.90. The summed E-state index contributed by atoms with van der Waals surface area (Å²) in [6.45, 7) is 1.83. The van der Waals surface area contributed by atoms with Crippen LogP contribution in [-0.4, -0.2) is 36.1 Å². The SMILES string of the molecule is CCC(O)CNC(=O)CNC(=O)c1ccc(Br)o1. The van der Waals surface area contributed by atoms with Crippen LogP contribution in [-0.2, 0) is 4.79 Å². The van der Waals surface area contributed by atoms with E-state index in [2.05, 4.69) is 26.6 Å². The molecule has 2 amide bonds. The topological polar surface area (TPSA) is 91.6 Å². The first-order valence-electron chi connectivity index (χ1n) is 5.51. The molecule has 0 saturated heterocycles. The van der Waals surface area contributed by atoms with Gasteiger partial charge in [-0.15, -0.1) is 0 Å². The van der Waals surface area contributed by atoms with Crippen molar-refractivity contribution in [2.45, 2.75) is 19.4 Å². The molecule has 1 aromatic rings. The van der Waals surface area contributed by atoms with Crippen molar-refractivity contribution in [1.29, 1.82) is 0 Å². The van der Waals surface area contributed by atoms with Crippen LogP contribution in [0.15, 0.2) is 21.2 Å². The normalized spacial score (nSPS) is 11.9. The van der Waals surface area contributed by atoms with Crippen LogP contribution in [0.4, 0.5) is 0 Å². The van der Waals surface area contributed by atoms with E-state index in [0.717, 1.165) is 0 Å². The number of hydrogen-bond donors (Lipinski definition) is 3. The lowest BCUT2D eigenvalue weighted by Gasteiger charge is -2.09. The predicted molar refractivity (Wildman–Crippen MR) is 68.0 cm³/mol. The number of aliphatic hydroxyl groups excluding tert-OH is 1. The van der Waals surface area contributed by atoms with Crippen LogP contribution < -0.4 is 10.6 Å². The molecule has 0 saturated carbocycles. The molecule has 1 heterocycles. The molecule has 0 fully saturated rings. The van der Waals surface area contributed by atoms with Crippen LogP contribution in [0, 0.1) is 0 Å². The monoisotopic (exact) mass is 318 g/mol. The van der Waals surface area contributed by atoms with Crippen molar-refractivity contribution in [2.75, 3.05) is 13.1 Å². The highest BCUT2D eigenvalue weighted by molar-refractivity contribution is 9.10. The van der Waals surface area contributed by atoms with E-state index < -0.39 is 12.0 Å². The molecule has 0 aliphatic heterocycles. The smallest absolute Gasteiger partial charge is 0.287 e. The molecule has 1 aromatic heterocycles. The molecular weight excluding hydrogens is 304 g/mol. The molecule has 0 aliphatic carbocycles. The fraction of sp³-hybridized carbons (Fsp3) is 0.455. The standard InChI is InChI=1S/C11H15BrN2O4/c1-2-7(15)5-13-10(16)6-14-11(17)8-3-4-9(12)18-8/h3-4,7,15H,2,5-6H2,1H3,(H,13,16)(H,14,17). The Morgan fingerprint density at radius 3 is 2.72 bits per heavy atom. The van der Waals surface area contributed by atoms with Gasteiger partial charge in [0.05, 0.1) is 12.6 Å². The van der Waals surface area contributed by atoms with Gasteiger partial charge in [0.2, 0.25) is 5.91 Å². The van der Waals surface area contributed by atoms with E-state index in [1.165, 1.54) is 6.07 Å². The highest BCUT2D eigenvalue weighted by atomic mass is 79.9. The van der Waals surface area contributed by atoms with Crippen LogP contribution in [0.5, 0.6) is 0 Å². The van der Waals surface area contributed by atoms with Gasteiger partial charge in [0, 0.05) is 6.54 Å². The lowest BCUT2D eigenvalue weighted by Crippen LogP contribution is -2.39. The number of nitrogens with one attached hydrogen (secondary N) is 2. The second kappa shape index (κ2) is 7.17. The molecule has 100 valence electrons. The van der Waals surface area contributed by atoms with Gasteiger partial charge in [-0.2, -0.15) is 0 Å². The van der Waals surface area contributed by atoms with E-state index in [4.69, 9.17) is 4.42 Å². The van der Waals surface area contributed by atoms with Crippen LogP contribution in [0.2, 0.25) is 0 Å². The molecule has 6 nitrogen and oxygen atoms in total. The molecule has 7 heteroatoms. The summed E-state index contributed by atoms with van der Waals surface area (Å²) in [6.07, 6.45) is -0.00162. The third-order valence-corrected chi connectivity index (χ3v) is 2.64. The number of amides is 2. The largest absolute Gasteiger partial charge is 0.444 e. The Balaban J connectivity index is 2.28. The third kappa shape index (κ3) is 4.89. The number of aliphatic hydroxyl groups is 1. The first-order chi connectivity index (χ1) is 8.52. The van der Waals surface area contributed by atoms with Crippen molar-refractivity contribution < 1.29 is 19.1 Å². The lowest BCUT2D eigenvalue weighted by atomic mass is 10.3. The molecule has 0 spiro atoms. The second-order valence-electron chi connectivity index (χ2n) is 3.65. The summed E-state index contributed by atoms with van der Waals surface area (Å²) in [5, 5.41) is 14.2. The number of carbonyl (C=O) groups is 2. The summed E-state index contributed by atoms with van der Waals surface area (Å²) in [7, 11) is 0. The zero-order valence-corrected chi connectivity index (χ0v) is 11.5. The van der Waals surface area contributed by atoms with Crippen LogP contribution in [0.1, 0.15) is 23.9 Å². The molecule has 0 aliphatic rings. The minimum Gasteiger partial charge on any atom is -0.444 e. The summed E-state index contributed by atoms with van der Waals surface area (Å²) >= 11 is 3.08. The van der Waals surface area contributed by atoms with Crippen LogP contribution >= 0.6 is 15.9 Å². The van der Waals surface area contributed by atoms with E-state index in [1.807, 2.05) is 6.92 Å². The minimum atomic E-state index is -0.564. The van der Waals surface area contributed by atoms with Gasteiger partial charge in [-0.1, -0.05) is 6.92 Å². The maximum atomic E-state index is 11.5. The van der Waals surface area contributed by atoms with E-state index >= 15 is 0 Å². The van der Waals surface area contributed by atoms with Crippen LogP contribution in [0.25, 0.3) is 0 Å². The molecule has 0 radical (unpaired) electrons. The first-order valence-corrected chi connectivity index (χ1v) is 6.30. The van der Waals surface area contributed by atoms with Gasteiger partial charge in [-0.05, 0) is 34.5 Å². The molecule has 1 atom stereocenters. The summed E-state index contributed by atoms with van der Waals surface area (Å²) in [6, 6.07) is 3.09. The van der Waals surface area contributed by atoms with Gasteiger partial charge < -0.3 is 20.2 Å². The van der Waals surface area contributed by atoms with Gasteiger partial charge in [0.25, 0.3) is 5.91 Å². The molecule has 0 bridgehead atoms. The van der Waals surface area contributed by atoms with Gasteiger partial charge >= 0.3 is 0 Å². The molecule has 1 unspecified atom stereocenters.